The van der Waals surface area contributed by atoms with E-state index in [1.54, 1.807) is 45.1 Å². The Bertz CT molecular complexity index is 1150. The number of hydrogen-bond acceptors (Lipinski definition) is 6. The van der Waals surface area contributed by atoms with E-state index in [1.807, 2.05) is 30.3 Å². The minimum atomic E-state index is -0.224. The highest BCUT2D eigenvalue weighted by Gasteiger charge is 2.19. The number of carbonyl (C=O) groups excluding carboxylic acids is 1. The molecule has 0 aliphatic carbocycles. The molecule has 4 aromatic rings. The molecule has 0 saturated carbocycles. The SMILES string of the molecule is COc1ccc(OC)c(-c2cnoc2-c2c[nH]c(C(=O)NCc3ccncc3)c2)c1. The summed E-state index contributed by atoms with van der Waals surface area (Å²) in [5, 5.41) is 6.82. The summed E-state index contributed by atoms with van der Waals surface area (Å²) in [7, 11) is 3.20. The Balaban J connectivity index is 1.58. The number of ether oxygens (including phenoxy) is 2. The standard InChI is InChI=1S/C22H20N4O4/c1-28-16-3-4-20(29-2)17(10-16)18-13-26-30-21(18)15-9-19(24-12-15)22(27)25-11-14-5-7-23-8-6-14/h3-10,12-13,24H,11H2,1-2H3,(H,25,27). The van der Waals surface area contributed by atoms with Gasteiger partial charge in [0.1, 0.15) is 17.2 Å². The van der Waals surface area contributed by atoms with Crippen molar-refractivity contribution in [1.82, 2.24) is 20.4 Å². The lowest BCUT2D eigenvalue weighted by molar-refractivity contribution is 0.0946. The summed E-state index contributed by atoms with van der Waals surface area (Å²) >= 11 is 0. The van der Waals surface area contributed by atoms with Gasteiger partial charge in [-0.2, -0.15) is 0 Å². The van der Waals surface area contributed by atoms with Gasteiger partial charge in [0.2, 0.25) is 0 Å². The van der Waals surface area contributed by atoms with Gasteiger partial charge in [-0.15, -0.1) is 0 Å². The summed E-state index contributed by atoms with van der Waals surface area (Å²) in [4.78, 5) is 19.5. The van der Waals surface area contributed by atoms with E-state index in [2.05, 4.69) is 20.4 Å². The van der Waals surface area contributed by atoms with Crippen molar-refractivity contribution in [2.45, 2.75) is 6.54 Å². The number of aromatic nitrogens is 3. The third-order valence-corrected chi connectivity index (χ3v) is 4.66. The number of H-pyrrole nitrogens is 1. The molecule has 0 unspecified atom stereocenters. The average Bonchev–Trinajstić information content (AvgIpc) is 3.47. The molecule has 0 aliphatic heterocycles. The summed E-state index contributed by atoms with van der Waals surface area (Å²) in [5.74, 6) is 1.64. The zero-order chi connectivity index (χ0) is 20.9. The highest BCUT2D eigenvalue weighted by Crippen LogP contribution is 2.39. The number of benzene rings is 1. The molecular formula is C22H20N4O4. The van der Waals surface area contributed by atoms with E-state index in [1.165, 1.54) is 0 Å². The molecule has 0 bridgehead atoms. The van der Waals surface area contributed by atoms with Crippen molar-refractivity contribution in [2.75, 3.05) is 14.2 Å². The van der Waals surface area contributed by atoms with Crippen LogP contribution in [0.25, 0.3) is 22.5 Å². The maximum Gasteiger partial charge on any atom is 0.267 e. The van der Waals surface area contributed by atoms with Gasteiger partial charge in [-0.3, -0.25) is 9.78 Å². The van der Waals surface area contributed by atoms with Gasteiger partial charge in [-0.1, -0.05) is 5.16 Å². The Morgan fingerprint density at radius 3 is 2.70 bits per heavy atom. The van der Waals surface area contributed by atoms with Crippen LogP contribution in [0.1, 0.15) is 16.1 Å². The van der Waals surface area contributed by atoms with E-state index in [0.29, 0.717) is 35.1 Å². The molecule has 1 amide bonds. The predicted octanol–water partition coefficient (Wildman–Crippen LogP) is 3.68. The first-order valence-electron chi connectivity index (χ1n) is 9.22. The van der Waals surface area contributed by atoms with Crippen LogP contribution in [0.5, 0.6) is 11.5 Å². The van der Waals surface area contributed by atoms with Crippen LogP contribution < -0.4 is 14.8 Å². The Labute approximate surface area is 172 Å². The third-order valence-electron chi connectivity index (χ3n) is 4.66. The van der Waals surface area contributed by atoms with Crippen molar-refractivity contribution in [3.05, 3.63) is 72.4 Å². The molecule has 0 saturated heterocycles. The molecule has 8 heteroatoms. The van der Waals surface area contributed by atoms with E-state index in [9.17, 15) is 4.79 Å². The monoisotopic (exact) mass is 404 g/mol. The number of amides is 1. The molecule has 30 heavy (non-hydrogen) atoms. The number of carbonyl (C=O) groups is 1. The zero-order valence-electron chi connectivity index (χ0n) is 16.5. The number of nitrogens with zero attached hydrogens (tertiary/aromatic N) is 2. The van der Waals surface area contributed by atoms with Gasteiger partial charge in [0.15, 0.2) is 5.76 Å². The summed E-state index contributed by atoms with van der Waals surface area (Å²) in [5.41, 5.74) is 3.58. The van der Waals surface area contributed by atoms with Crippen LogP contribution >= 0.6 is 0 Å². The minimum absolute atomic E-state index is 0.224. The average molecular weight is 404 g/mol. The molecule has 3 aromatic heterocycles. The van der Waals surface area contributed by atoms with Gasteiger partial charge in [0.05, 0.1) is 26.0 Å². The molecule has 0 spiro atoms. The van der Waals surface area contributed by atoms with Crippen LogP contribution in [0.15, 0.2) is 65.7 Å². The van der Waals surface area contributed by atoms with E-state index in [0.717, 1.165) is 16.7 Å². The first-order valence-corrected chi connectivity index (χ1v) is 9.22. The van der Waals surface area contributed by atoms with Crippen LogP contribution in [0.4, 0.5) is 0 Å². The molecule has 0 aliphatic rings. The van der Waals surface area contributed by atoms with Gasteiger partial charge in [-0.25, -0.2) is 0 Å². The minimum Gasteiger partial charge on any atom is -0.497 e. The summed E-state index contributed by atoms with van der Waals surface area (Å²) < 4.78 is 16.3. The number of rotatable bonds is 7. The van der Waals surface area contributed by atoms with Crippen LogP contribution in [-0.4, -0.2) is 35.3 Å². The van der Waals surface area contributed by atoms with Crippen molar-refractivity contribution in [2.24, 2.45) is 0 Å². The topological polar surface area (TPSA) is 102 Å². The molecule has 3 heterocycles. The number of pyridine rings is 1. The molecular weight excluding hydrogens is 384 g/mol. The summed E-state index contributed by atoms with van der Waals surface area (Å²) in [6, 6.07) is 10.9. The Kier molecular flexibility index (Phi) is 5.47. The van der Waals surface area contributed by atoms with Gasteiger partial charge in [0, 0.05) is 36.3 Å². The molecule has 2 N–H and O–H groups in total. The Hall–Kier alpha value is -4.07. The highest BCUT2D eigenvalue weighted by atomic mass is 16.5. The lowest BCUT2D eigenvalue weighted by Crippen LogP contribution is -2.22. The number of methoxy groups -OCH3 is 2. The van der Waals surface area contributed by atoms with Crippen molar-refractivity contribution in [1.29, 1.82) is 0 Å². The quantitative estimate of drug-likeness (QED) is 0.487. The first-order chi connectivity index (χ1) is 14.7. The third kappa shape index (κ3) is 3.88. The smallest absolute Gasteiger partial charge is 0.267 e. The van der Waals surface area contributed by atoms with Crippen molar-refractivity contribution < 1.29 is 18.8 Å². The molecule has 0 fully saturated rings. The van der Waals surface area contributed by atoms with E-state index in [-0.39, 0.29) is 5.91 Å². The normalized spacial score (nSPS) is 10.6. The zero-order valence-corrected chi connectivity index (χ0v) is 16.5. The van der Waals surface area contributed by atoms with Gasteiger partial charge >= 0.3 is 0 Å². The predicted molar refractivity (Wildman–Crippen MR) is 110 cm³/mol. The van der Waals surface area contributed by atoms with Crippen LogP contribution in [0.3, 0.4) is 0 Å². The largest absolute Gasteiger partial charge is 0.497 e. The number of aromatic amines is 1. The van der Waals surface area contributed by atoms with E-state index in [4.69, 9.17) is 14.0 Å². The fraction of sp³-hybridized carbons (Fsp3) is 0.136. The van der Waals surface area contributed by atoms with Gasteiger partial charge in [-0.05, 0) is 42.0 Å². The fourth-order valence-corrected chi connectivity index (χ4v) is 3.10. The van der Waals surface area contributed by atoms with Crippen molar-refractivity contribution in [3.63, 3.8) is 0 Å². The second-order valence-electron chi connectivity index (χ2n) is 6.47. The lowest BCUT2D eigenvalue weighted by Gasteiger charge is -2.09. The fourth-order valence-electron chi connectivity index (χ4n) is 3.10. The highest BCUT2D eigenvalue weighted by molar-refractivity contribution is 5.94. The molecule has 1 aromatic carbocycles. The Morgan fingerprint density at radius 2 is 1.93 bits per heavy atom. The molecule has 4 rings (SSSR count). The maximum absolute atomic E-state index is 12.5. The van der Waals surface area contributed by atoms with Crippen LogP contribution in [0.2, 0.25) is 0 Å². The maximum atomic E-state index is 12.5. The van der Waals surface area contributed by atoms with E-state index >= 15 is 0 Å². The summed E-state index contributed by atoms with van der Waals surface area (Å²) in [6.45, 7) is 0.407. The van der Waals surface area contributed by atoms with Gasteiger partial charge < -0.3 is 24.3 Å². The molecule has 0 atom stereocenters. The molecule has 0 radical (unpaired) electrons. The first kappa shape index (κ1) is 19.3. The lowest BCUT2D eigenvalue weighted by atomic mass is 10.0. The van der Waals surface area contributed by atoms with Crippen LogP contribution in [0, 0.1) is 0 Å². The number of nitrogens with one attached hydrogen (secondary N) is 2. The van der Waals surface area contributed by atoms with E-state index < -0.39 is 0 Å². The summed E-state index contributed by atoms with van der Waals surface area (Å²) in [6.07, 6.45) is 6.69. The van der Waals surface area contributed by atoms with Crippen LogP contribution in [-0.2, 0) is 6.54 Å². The molecule has 8 nitrogen and oxygen atoms in total. The molecule has 152 valence electrons. The second kappa shape index (κ2) is 8.52. The van der Waals surface area contributed by atoms with Crippen molar-refractivity contribution >= 4 is 5.91 Å². The number of hydrogen-bond donors (Lipinski definition) is 2. The Morgan fingerprint density at radius 1 is 1.10 bits per heavy atom. The van der Waals surface area contributed by atoms with Gasteiger partial charge in [0.25, 0.3) is 5.91 Å². The van der Waals surface area contributed by atoms with Crippen molar-refractivity contribution in [3.8, 4) is 33.9 Å². The second-order valence-corrected chi connectivity index (χ2v) is 6.47.